The lowest BCUT2D eigenvalue weighted by molar-refractivity contribution is -0.146. The summed E-state index contributed by atoms with van der Waals surface area (Å²) in [6, 6.07) is 0. The lowest BCUT2D eigenvalue weighted by Gasteiger charge is -2.63. The minimum atomic E-state index is -0.477. The highest BCUT2D eigenvalue weighted by Gasteiger charge is 2.65. The monoisotopic (exact) mass is 456 g/mol. The molecule has 4 aliphatic rings. The van der Waals surface area contributed by atoms with E-state index in [1.165, 1.54) is 25.7 Å². The summed E-state index contributed by atoms with van der Waals surface area (Å²) >= 11 is 0. The van der Waals surface area contributed by atoms with Gasteiger partial charge in [0.25, 0.3) is 0 Å². The molecule has 3 nitrogen and oxygen atoms in total. The van der Waals surface area contributed by atoms with Gasteiger partial charge >= 0.3 is 0 Å². The lowest BCUT2D eigenvalue weighted by atomic mass is 9.41. The van der Waals surface area contributed by atoms with Crippen LogP contribution in [0, 0.1) is 45.3 Å². The van der Waals surface area contributed by atoms with E-state index in [2.05, 4.69) is 47.6 Å². The molecule has 0 unspecified atom stereocenters. The first-order chi connectivity index (χ1) is 15.3. The van der Waals surface area contributed by atoms with E-state index >= 15 is 0 Å². The van der Waals surface area contributed by atoms with Crippen LogP contribution in [-0.4, -0.2) is 28.7 Å². The third-order valence-corrected chi connectivity index (χ3v) is 11.7. The molecule has 4 aliphatic carbocycles. The highest BCUT2D eigenvalue weighted by molar-refractivity contribution is 5.85. The number of carbonyl (C=O) groups excluding carboxylic acids is 1. The Morgan fingerprint density at radius 2 is 1.85 bits per heavy atom. The van der Waals surface area contributed by atoms with Gasteiger partial charge in [-0.2, -0.15) is 0 Å². The average molecular weight is 457 g/mol. The summed E-state index contributed by atoms with van der Waals surface area (Å²) in [5.74, 6) is 2.59. The second kappa shape index (κ2) is 8.33. The van der Waals surface area contributed by atoms with Gasteiger partial charge in [0.2, 0.25) is 0 Å². The predicted octanol–water partition coefficient (Wildman–Crippen LogP) is 6.49. The Morgan fingerprint density at radius 1 is 1.15 bits per heavy atom. The highest BCUT2D eigenvalue weighted by atomic mass is 16.3. The van der Waals surface area contributed by atoms with E-state index < -0.39 is 6.10 Å². The number of hydrogen-bond donors (Lipinski definition) is 2. The summed E-state index contributed by atoms with van der Waals surface area (Å²) in [5.41, 5.74) is 3.06. The standard InChI is InChI=1S/C30H48O3/c1-19(18-31)16-21(32)17-20(2)22-10-14-30(7)24-8-9-25-27(3,4)26(33)12-13-28(25,5)23(24)11-15-29(22,30)6/h8,16,20-23,25,31-32H,9-15,17-18H2,1-7H3/t20-,21+,22-,23-,25-,28+,29-,30+/m0/s1. The molecule has 0 aromatic rings. The van der Waals surface area contributed by atoms with Crippen LogP contribution in [0.2, 0.25) is 0 Å². The van der Waals surface area contributed by atoms with E-state index in [0.717, 1.165) is 31.3 Å². The van der Waals surface area contributed by atoms with Gasteiger partial charge in [-0.1, -0.05) is 59.3 Å². The second-order valence-electron chi connectivity index (χ2n) is 13.5. The smallest absolute Gasteiger partial charge is 0.138 e. The van der Waals surface area contributed by atoms with Gasteiger partial charge in [0.15, 0.2) is 0 Å². The molecule has 0 heterocycles. The third kappa shape index (κ3) is 3.63. The van der Waals surface area contributed by atoms with Crippen LogP contribution in [0.15, 0.2) is 23.3 Å². The van der Waals surface area contributed by atoms with Crippen molar-refractivity contribution in [2.45, 2.75) is 106 Å². The minimum absolute atomic E-state index is 0.0162. The summed E-state index contributed by atoms with van der Waals surface area (Å²) in [6.07, 6.45) is 12.5. The molecule has 2 N–H and O–H groups in total. The van der Waals surface area contributed by atoms with E-state index in [9.17, 15) is 15.0 Å². The number of aliphatic hydroxyl groups excluding tert-OH is 2. The van der Waals surface area contributed by atoms with Crippen molar-refractivity contribution < 1.29 is 15.0 Å². The van der Waals surface area contributed by atoms with Crippen molar-refractivity contribution in [3.8, 4) is 0 Å². The molecule has 3 heteroatoms. The topological polar surface area (TPSA) is 57.5 Å². The third-order valence-electron chi connectivity index (χ3n) is 11.7. The van der Waals surface area contributed by atoms with Crippen LogP contribution >= 0.6 is 0 Å². The number of ketones is 1. The SMILES string of the molecule is CC(=C[C@@H](O)C[C@H](C)[C@@H]1CC[C@]2(C)C3=CC[C@H]4C(C)(C)C(=O)CC[C@]4(C)[C@H]3CC[C@@]12C)CO. The number of hydrogen-bond acceptors (Lipinski definition) is 3. The van der Waals surface area contributed by atoms with Crippen LogP contribution < -0.4 is 0 Å². The van der Waals surface area contributed by atoms with E-state index in [1.54, 1.807) is 5.57 Å². The molecule has 186 valence electrons. The minimum Gasteiger partial charge on any atom is -0.392 e. The normalized spacial score (nSPS) is 44.4. The van der Waals surface area contributed by atoms with Gasteiger partial charge in [-0.3, -0.25) is 4.79 Å². The number of allylic oxidation sites excluding steroid dienone is 2. The van der Waals surface area contributed by atoms with E-state index in [-0.39, 0.29) is 28.3 Å². The van der Waals surface area contributed by atoms with Crippen LogP contribution in [0.3, 0.4) is 0 Å². The molecule has 0 aromatic carbocycles. The largest absolute Gasteiger partial charge is 0.392 e. The maximum atomic E-state index is 12.8. The van der Waals surface area contributed by atoms with Gasteiger partial charge in [-0.15, -0.1) is 0 Å². The number of rotatable bonds is 5. The van der Waals surface area contributed by atoms with Crippen LogP contribution in [0.25, 0.3) is 0 Å². The molecule has 0 amide bonds. The van der Waals surface area contributed by atoms with E-state index in [4.69, 9.17) is 0 Å². The Labute approximate surface area is 202 Å². The summed E-state index contributed by atoms with van der Waals surface area (Å²) in [4.78, 5) is 12.8. The van der Waals surface area contributed by atoms with E-state index in [0.29, 0.717) is 29.5 Å². The maximum absolute atomic E-state index is 12.8. The molecule has 0 spiro atoms. The predicted molar refractivity (Wildman–Crippen MR) is 135 cm³/mol. The zero-order valence-corrected chi connectivity index (χ0v) is 22.2. The summed E-state index contributed by atoms with van der Waals surface area (Å²) in [5, 5.41) is 19.9. The first-order valence-corrected chi connectivity index (χ1v) is 13.5. The van der Waals surface area contributed by atoms with Gasteiger partial charge in [0, 0.05) is 11.8 Å². The van der Waals surface area contributed by atoms with Crippen LogP contribution in [0.4, 0.5) is 0 Å². The fraction of sp³-hybridized carbons (Fsp3) is 0.833. The molecular weight excluding hydrogens is 408 g/mol. The molecule has 0 radical (unpaired) electrons. The van der Waals surface area contributed by atoms with Crippen molar-refractivity contribution in [3.63, 3.8) is 0 Å². The van der Waals surface area contributed by atoms with Gasteiger partial charge < -0.3 is 10.2 Å². The molecule has 0 bridgehead atoms. The molecule has 33 heavy (non-hydrogen) atoms. The number of Topliss-reactive ketones (excluding diaryl/α,β-unsaturated/α-hetero) is 1. The van der Waals surface area contributed by atoms with Gasteiger partial charge in [-0.25, -0.2) is 0 Å². The van der Waals surface area contributed by atoms with Crippen LogP contribution in [-0.2, 0) is 4.79 Å². The first kappa shape index (κ1) is 25.2. The van der Waals surface area contributed by atoms with Crippen molar-refractivity contribution in [2.24, 2.45) is 45.3 Å². The summed E-state index contributed by atoms with van der Waals surface area (Å²) in [6.45, 7) is 16.2. The van der Waals surface area contributed by atoms with Gasteiger partial charge in [0.05, 0.1) is 12.7 Å². The zero-order valence-electron chi connectivity index (χ0n) is 22.2. The molecule has 0 aliphatic heterocycles. The quantitative estimate of drug-likeness (QED) is 0.465. The Morgan fingerprint density at radius 3 is 2.52 bits per heavy atom. The van der Waals surface area contributed by atoms with Crippen molar-refractivity contribution in [3.05, 3.63) is 23.3 Å². The fourth-order valence-electron chi connectivity index (χ4n) is 9.46. The van der Waals surface area contributed by atoms with Gasteiger partial charge in [-0.05, 0) is 97.4 Å². The average Bonchev–Trinajstić information content (AvgIpc) is 3.02. The zero-order chi connectivity index (χ0) is 24.4. The second-order valence-corrected chi connectivity index (χ2v) is 13.5. The van der Waals surface area contributed by atoms with Crippen LogP contribution in [0.5, 0.6) is 0 Å². The van der Waals surface area contributed by atoms with Crippen molar-refractivity contribution in [2.75, 3.05) is 6.61 Å². The maximum Gasteiger partial charge on any atom is 0.138 e. The van der Waals surface area contributed by atoms with Crippen molar-refractivity contribution in [1.29, 1.82) is 0 Å². The summed E-state index contributed by atoms with van der Waals surface area (Å²) in [7, 11) is 0. The molecule has 3 fully saturated rings. The number of carbonyl (C=O) groups is 1. The Hall–Kier alpha value is -0.930. The fourth-order valence-corrected chi connectivity index (χ4v) is 9.46. The Kier molecular flexibility index (Phi) is 6.35. The molecular formula is C30H48O3. The van der Waals surface area contributed by atoms with Crippen molar-refractivity contribution in [1.82, 2.24) is 0 Å². The Balaban J connectivity index is 1.61. The lowest BCUT2D eigenvalue weighted by Crippen LogP contribution is -2.57. The number of fused-ring (bicyclic) bond motifs is 5. The Bertz CT molecular complexity index is 853. The molecule has 0 aromatic heterocycles. The number of aliphatic hydroxyl groups is 2. The highest BCUT2D eigenvalue weighted by Crippen LogP contribution is 2.73. The van der Waals surface area contributed by atoms with Crippen LogP contribution in [0.1, 0.15) is 99.8 Å². The first-order valence-electron chi connectivity index (χ1n) is 13.5. The van der Waals surface area contributed by atoms with E-state index in [1.807, 2.05) is 13.0 Å². The molecule has 8 atom stereocenters. The molecule has 3 saturated carbocycles. The van der Waals surface area contributed by atoms with Crippen molar-refractivity contribution >= 4 is 5.78 Å². The summed E-state index contributed by atoms with van der Waals surface area (Å²) < 4.78 is 0. The molecule has 4 rings (SSSR count). The molecule has 0 saturated heterocycles. The van der Waals surface area contributed by atoms with Gasteiger partial charge in [0.1, 0.15) is 5.78 Å².